The number of aromatic nitrogens is 1. The SMILES string of the molecule is c1ccc(-c2nc3ccc4ccc5ccc(N(c6ccccc6)c6ccc7c8c(cccc68)-c6ccccc6-c6ccccc6-7)cc5c4c3o2)cc1. The van der Waals surface area contributed by atoms with Gasteiger partial charge in [0.2, 0.25) is 5.89 Å². The summed E-state index contributed by atoms with van der Waals surface area (Å²) in [5, 5.41) is 6.93. The fourth-order valence-corrected chi connectivity index (χ4v) is 8.30. The Morgan fingerprint density at radius 2 is 1.00 bits per heavy atom. The highest BCUT2D eigenvalue weighted by molar-refractivity contribution is 6.20. The van der Waals surface area contributed by atoms with Crippen LogP contribution in [0.5, 0.6) is 0 Å². The van der Waals surface area contributed by atoms with E-state index in [1.54, 1.807) is 0 Å². The Kier molecular flexibility index (Phi) is 6.25. The van der Waals surface area contributed by atoms with Crippen LogP contribution in [0, 0.1) is 0 Å². The summed E-state index contributed by atoms with van der Waals surface area (Å²) in [7, 11) is 0. The number of hydrogen-bond donors (Lipinski definition) is 0. The van der Waals surface area contributed by atoms with Crippen molar-refractivity contribution in [2.75, 3.05) is 4.90 Å². The summed E-state index contributed by atoms with van der Waals surface area (Å²) in [5.74, 6) is 0.630. The third-order valence-electron chi connectivity index (χ3n) is 10.6. The fourth-order valence-electron chi connectivity index (χ4n) is 8.30. The van der Waals surface area contributed by atoms with E-state index < -0.39 is 0 Å². The largest absolute Gasteiger partial charge is 0.435 e. The molecule has 52 heavy (non-hydrogen) atoms. The summed E-state index contributed by atoms with van der Waals surface area (Å²) >= 11 is 0. The van der Waals surface area contributed by atoms with Gasteiger partial charge >= 0.3 is 0 Å². The highest BCUT2D eigenvalue weighted by Crippen LogP contribution is 2.51. The summed E-state index contributed by atoms with van der Waals surface area (Å²) in [5.41, 5.74) is 13.4. The number of rotatable bonds is 4. The lowest BCUT2D eigenvalue weighted by atomic mass is 9.92. The second-order valence-electron chi connectivity index (χ2n) is 13.5. The van der Waals surface area contributed by atoms with Gasteiger partial charge in [-0.15, -0.1) is 0 Å². The first kappa shape index (κ1) is 28.8. The summed E-state index contributed by atoms with van der Waals surface area (Å²) in [4.78, 5) is 7.32. The molecule has 0 spiro atoms. The number of anilines is 3. The molecule has 0 unspecified atom stereocenters. The van der Waals surface area contributed by atoms with E-state index in [9.17, 15) is 0 Å². The summed E-state index contributed by atoms with van der Waals surface area (Å²) in [6.45, 7) is 0. The maximum absolute atomic E-state index is 6.59. The van der Waals surface area contributed by atoms with Crippen LogP contribution in [0.15, 0.2) is 186 Å². The minimum absolute atomic E-state index is 0.630. The molecule has 0 N–H and O–H groups in total. The molecular formula is C49H30N2O. The van der Waals surface area contributed by atoms with Crippen molar-refractivity contribution in [3.05, 3.63) is 182 Å². The van der Waals surface area contributed by atoms with E-state index >= 15 is 0 Å². The first-order valence-electron chi connectivity index (χ1n) is 17.7. The molecule has 0 fully saturated rings. The average Bonchev–Trinajstić information content (AvgIpc) is 3.62. The molecule has 1 aromatic heterocycles. The maximum Gasteiger partial charge on any atom is 0.227 e. The van der Waals surface area contributed by atoms with Crippen LogP contribution in [0.4, 0.5) is 17.1 Å². The molecule has 0 atom stereocenters. The molecule has 242 valence electrons. The van der Waals surface area contributed by atoms with Gasteiger partial charge in [0.1, 0.15) is 5.52 Å². The number of nitrogens with zero attached hydrogens (tertiary/aromatic N) is 2. The van der Waals surface area contributed by atoms with E-state index in [1.165, 1.54) is 44.2 Å². The molecule has 0 bridgehead atoms. The number of benzene rings is 9. The normalized spacial score (nSPS) is 11.8. The van der Waals surface area contributed by atoms with E-state index in [2.05, 4.69) is 157 Å². The molecule has 1 heterocycles. The van der Waals surface area contributed by atoms with Crippen LogP contribution in [-0.4, -0.2) is 4.98 Å². The summed E-state index contributed by atoms with van der Waals surface area (Å²) < 4.78 is 6.59. The first-order chi connectivity index (χ1) is 25.8. The number of para-hydroxylation sites is 1. The molecular weight excluding hydrogens is 633 g/mol. The Balaban J connectivity index is 1.19. The summed E-state index contributed by atoms with van der Waals surface area (Å²) in [6.07, 6.45) is 0. The molecule has 1 aliphatic carbocycles. The molecule has 3 nitrogen and oxygen atoms in total. The molecule has 1 aliphatic rings. The van der Waals surface area contributed by atoms with Crippen LogP contribution in [0.3, 0.4) is 0 Å². The van der Waals surface area contributed by atoms with Crippen molar-refractivity contribution in [2.45, 2.75) is 0 Å². The lowest BCUT2D eigenvalue weighted by Gasteiger charge is -2.28. The van der Waals surface area contributed by atoms with Gasteiger partial charge in [0.05, 0.1) is 5.69 Å². The monoisotopic (exact) mass is 662 g/mol. The average molecular weight is 663 g/mol. The Morgan fingerprint density at radius 3 is 1.75 bits per heavy atom. The molecule has 0 saturated carbocycles. The van der Waals surface area contributed by atoms with E-state index in [0.29, 0.717) is 5.89 Å². The smallest absolute Gasteiger partial charge is 0.227 e. The topological polar surface area (TPSA) is 29.3 Å². The molecule has 3 heteroatoms. The molecule has 0 saturated heterocycles. The zero-order valence-corrected chi connectivity index (χ0v) is 28.1. The number of fused-ring (bicyclic) bond motifs is 10. The van der Waals surface area contributed by atoms with Crippen molar-refractivity contribution >= 4 is 60.5 Å². The highest BCUT2D eigenvalue weighted by atomic mass is 16.3. The van der Waals surface area contributed by atoms with Crippen LogP contribution in [0.25, 0.3) is 88.3 Å². The zero-order valence-electron chi connectivity index (χ0n) is 28.1. The number of oxazole rings is 1. The lowest BCUT2D eigenvalue weighted by Crippen LogP contribution is -2.10. The molecule has 0 amide bonds. The molecule has 0 aliphatic heterocycles. The van der Waals surface area contributed by atoms with Gasteiger partial charge in [-0.3, -0.25) is 0 Å². The Labute approximate surface area is 300 Å². The predicted molar refractivity (Wildman–Crippen MR) is 217 cm³/mol. The maximum atomic E-state index is 6.59. The Hall–Kier alpha value is -6.97. The van der Waals surface area contributed by atoms with Gasteiger partial charge < -0.3 is 9.32 Å². The highest BCUT2D eigenvalue weighted by Gasteiger charge is 2.25. The zero-order chi connectivity index (χ0) is 34.2. The molecule has 11 rings (SSSR count). The van der Waals surface area contributed by atoms with Crippen molar-refractivity contribution in [3.63, 3.8) is 0 Å². The van der Waals surface area contributed by atoms with E-state index in [1.807, 2.05) is 30.3 Å². The van der Waals surface area contributed by atoms with Gasteiger partial charge in [0.25, 0.3) is 0 Å². The van der Waals surface area contributed by atoms with E-state index in [0.717, 1.165) is 55.3 Å². The van der Waals surface area contributed by atoms with Crippen molar-refractivity contribution < 1.29 is 4.42 Å². The first-order valence-corrected chi connectivity index (χ1v) is 17.7. The summed E-state index contributed by atoms with van der Waals surface area (Å²) in [6, 6.07) is 65.2. The third-order valence-corrected chi connectivity index (χ3v) is 10.6. The van der Waals surface area contributed by atoms with Gasteiger partial charge in [0, 0.05) is 27.7 Å². The molecule has 9 aromatic carbocycles. The van der Waals surface area contributed by atoms with E-state index in [-0.39, 0.29) is 0 Å². The van der Waals surface area contributed by atoms with Gasteiger partial charge in [-0.1, -0.05) is 133 Å². The fraction of sp³-hybridized carbons (Fsp3) is 0. The van der Waals surface area contributed by atoms with E-state index in [4.69, 9.17) is 9.40 Å². The molecule has 0 radical (unpaired) electrons. The quantitative estimate of drug-likeness (QED) is 0.176. The van der Waals surface area contributed by atoms with Crippen molar-refractivity contribution in [1.82, 2.24) is 4.98 Å². The van der Waals surface area contributed by atoms with Gasteiger partial charge in [-0.05, 0) is 103 Å². The minimum Gasteiger partial charge on any atom is -0.435 e. The lowest BCUT2D eigenvalue weighted by molar-refractivity contribution is 0.623. The number of hydrogen-bond acceptors (Lipinski definition) is 3. The third kappa shape index (κ3) is 4.30. The van der Waals surface area contributed by atoms with Crippen LogP contribution < -0.4 is 4.90 Å². The van der Waals surface area contributed by atoms with Crippen molar-refractivity contribution in [1.29, 1.82) is 0 Å². The Bertz CT molecular complexity index is 2960. The second kappa shape index (κ2) is 11.3. The van der Waals surface area contributed by atoms with Crippen LogP contribution in [0.1, 0.15) is 0 Å². The van der Waals surface area contributed by atoms with Crippen LogP contribution >= 0.6 is 0 Å². The van der Waals surface area contributed by atoms with Gasteiger partial charge in [-0.25, -0.2) is 4.98 Å². The Morgan fingerprint density at radius 1 is 0.404 bits per heavy atom. The predicted octanol–water partition coefficient (Wildman–Crippen LogP) is 13.7. The van der Waals surface area contributed by atoms with Gasteiger partial charge in [0.15, 0.2) is 5.58 Å². The van der Waals surface area contributed by atoms with Crippen LogP contribution in [0.2, 0.25) is 0 Å². The standard InChI is InChI=1S/C49H30N2O/c1-3-12-33(13-4-1)49-50-44-28-25-32-23-22-31-24-26-35(30-43(31)46(32)48(44)52-49)51(34-14-5-2-6-15-34)45-29-27-41-39-19-10-8-17-37(39)36-16-7-9-18-38(36)40-20-11-21-42(45)47(40)41/h1-30H. The van der Waals surface area contributed by atoms with Crippen molar-refractivity contribution in [2.24, 2.45) is 0 Å². The van der Waals surface area contributed by atoms with Crippen LogP contribution in [-0.2, 0) is 0 Å². The van der Waals surface area contributed by atoms with Crippen molar-refractivity contribution in [3.8, 4) is 44.8 Å². The molecule has 10 aromatic rings. The minimum atomic E-state index is 0.630. The second-order valence-corrected chi connectivity index (χ2v) is 13.5. The van der Waals surface area contributed by atoms with Gasteiger partial charge in [-0.2, -0.15) is 0 Å².